The Kier molecular flexibility index (Phi) is 5.88. The minimum atomic E-state index is -1.22. The molecule has 30 heavy (non-hydrogen) atoms. The summed E-state index contributed by atoms with van der Waals surface area (Å²) in [4.78, 5) is 35.4. The second-order valence-electron chi connectivity index (χ2n) is 7.89. The fourth-order valence-electron chi connectivity index (χ4n) is 3.45. The van der Waals surface area contributed by atoms with E-state index in [1.54, 1.807) is 0 Å². The van der Waals surface area contributed by atoms with E-state index in [9.17, 15) is 14.4 Å². The first-order valence-electron chi connectivity index (χ1n) is 9.73. The lowest BCUT2D eigenvalue weighted by molar-refractivity contribution is -0.129. The summed E-state index contributed by atoms with van der Waals surface area (Å²) in [7, 11) is 0. The SMILES string of the molecule is Cc1cc(-c2ccc(C(C)CNC(=O)CC3(C)NC(=O)NC3=O)cc2)ccc1C#N. The van der Waals surface area contributed by atoms with Gasteiger partial charge in [0.05, 0.1) is 18.1 Å². The number of hydrogen-bond acceptors (Lipinski definition) is 4. The van der Waals surface area contributed by atoms with Gasteiger partial charge in [-0.15, -0.1) is 0 Å². The van der Waals surface area contributed by atoms with Gasteiger partial charge in [-0.3, -0.25) is 14.9 Å². The summed E-state index contributed by atoms with van der Waals surface area (Å²) in [5.74, 6) is -0.721. The van der Waals surface area contributed by atoms with Crippen LogP contribution < -0.4 is 16.0 Å². The van der Waals surface area contributed by atoms with E-state index in [-0.39, 0.29) is 18.2 Å². The number of carbonyl (C=O) groups is 3. The monoisotopic (exact) mass is 404 g/mol. The zero-order valence-electron chi connectivity index (χ0n) is 17.2. The first kappa shape index (κ1) is 21.1. The number of nitrogens with zero attached hydrogens (tertiary/aromatic N) is 1. The number of urea groups is 1. The number of benzene rings is 2. The molecule has 2 aromatic rings. The Labute approximate surface area is 175 Å². The molecule has 0 aliphatic carbocycles. The molecule has 4 amide bonds. The summed E-state index contributed by atoms with van der Waals surface area (Å²) in [6, 6.07) is 15.4. The van der Waals surface area contributed by atoms with Crippen molar-refractivity contribution in [3.05, 3.63) is 59.2 Å². The van der Waals surface area contributed by atoms with E-state index in [1.165, 1.54) is 6.92 Å². The lowest BCUT2D eigenvalue weighted by Crippen LogP contribution is -2.47. The van der Waals surface area contributed by atoms with Crippen molar-refractivity contribution in [1.29, 1.82) is 5.26 Å². The lowest BCUT2D eigenvalue weighted by Gasteiger charge is -2.20. The maximum Gasteiger partial charge on any atom is 0.322 e. The molecule has 3 N–H and O–H groups in total. The predicted octanol–water partition coefficient (Wildman–Crippen LogP) is 2.74. The van der Waals surface area contributed by atoms with E-state index in [0.717, 1.165) is 22.3 Å². The van der Waals surface area contributed by atoms with Crippen molar-refractivity contribution in [2.75, 3.05) is 6.54 Å². The predicted molar refractivity (Wildman–Crippen MR) is 112 cm³/mol. The third-order valence-corrected chi connectivity index (χ3v) is 5.40. The smallest absolute Gasteiger partial charge is 0.322 e. The summed E-state index contributed by atoms with van der Waals surface area (Å²) in [6.07, 6.45) is -0.117. The first-order valence-corrected chi connectivity index (χ1v) is 9.73. The van der Waals surface area contributed by atoms with Crippen molar-refractivity contribution in [3.8, 4) is 17.2 Å². The van der Waals surface area contributed by atoms with Gasteiger partial charge in [-0.1, -0.05) is 43.3 Å². The largest absolute Gasteiger partial charge is 0.355 e. The van der Waals surface area contributed by atoms with Crippen molar-refractivity contribution in [3.63, 3.8) is 0 Å². The Morgan fingerprint density at radius 3 is 2.40 bits per heavy atom. The molecule has 0 spiro atoms. The summed E-state index contributed by atoms with van der Waals surface area (Å²) in [6.45, 7) is 5.87. The van der Waals surface area contributed by atoms with E-state index < -0.39 is 17.5 Å². The third-order valence-electron chi connectivity index (χ3n) is 5.40. The molecule has 0 bridgehead atoms. The molecule has 7 nitrogen and oxygen atoms in total. The van der Waals surface area contributed by atoms with E-state index in [4.69, 9.17) is 5.26 Å². The van der Waals surface area contributed by atoms with Crippen LogP contribution >= 0.6 is 0 Å². The fraction of sp³-hybridized carbons (Fsp3) is 0.304. The van der Waals surface area contributed by atoms with E-state index in [1.807, 2.05) is 56.3 Å². The molecule has 154 valence electrons. The molecule has 1 aliphatic heterocycles. The lowest BCUT2D eigenvalue weighted by atomic mass is 9.95. The molecular formula is C23H24N4O3. The number of carbonyl (C=O) groups excluding carboxylic acids is 3. The molecule has 2 aromatic carbocycles. The standard InChI is InChI=1S/C23H24N4O3/c1-14-10-18(8-9-19(14)12-24)17-6-4-16(5-7-17)15(2)13-25-20(28)11-23(3)21(29)26-22(30)27-23/h4-10,15H,11,13H2,1-3H3,(H,25,28)(H2,26,27,29,30). The number of nitrogens with one attached hydrogen (secondary N) is 3. The molecule has 1 fully saturated rings. The quantitative estimate of drug-likeness (QED) is 0.643. The molecule has 3 rings (SSSR count). The van der Waals surface area contributed by atoms with Gasteiger partial charge in [-0.05, 0) is 48.1 Å². The average molecular weight is 404 g/mol. The highest BCUT2D eigenvalue weighted by Crippen LogP contribution is 2.25. The molecule has 0 aromatic heterocycles. The van der Waals surface area contributed by atoms with Crippen molar-refractivity contribution < 1.29 is 14.4 Å². The Balaban J connectivity index is 1.58. The maximum absolute atomic E-state index is 12.3. The maximum atomic E-state index is 12.3. The highest BCUT2D eigenvalue weighted by Gasteiger charge is 2.43. The molecule has 0 saturated carbocycles. The zero-order chi connectivity index (χ0) is 21.9. The van der Waals surface area contributed by atoms with Gasteiger partial charge < -0.3 is 10.6 Å². The number of rotatable bonds is 6. The molecule has 2 unspecified atom stereocenters. The third kappa shape index (κ3) is 4.49. The van der Waals surface area contributed by atoms with Gasteiger partial charge in [0.15, 0.2) is 0 Å². The number of aryl methyl sites for hydroxylation is 1. The number of amides is 4. The summed E-state index contributed by atoms with van der Waals surface area (Å²) in [5.41, 5.74) is 3.56. The summed E-state index contributed by atoms with van der Waals surface area (Å²) < 4.78 is 0. The van der Waals surface area contributed by atoms with Crippen LogP contribution in [0.2, 0.25) is 0 Å². The average Bonchev–Trinajstić information content (AvgIpc) is 2.97. The minimum Gasteiger partial charge on any atom is -0.355 e. The minimum absolute atomic E-state index is 0.0745. The number of nitriles is 1. The molecule has 0 radical (unpaired) electrons. The van der Waals surface area contributed by atoms with Crippen LogP contribution in [0.15, 0.2) is 42.5 Å². The van der Waals surface area contributed by atoms with Crippen LogP contribution in [0.1, 0.15) is 42.9 Å². The van der Waals surface area contributed by atoms with E-state index in [2.05, 4.69) is 22.0 Å². The van der Waals surface area contributed by atoms with Gasteiger partial charge in [-0.25, -0.2) is 4.79 Å². The van der Waals surface area contributed by atoms with Crippen LogP contribution in [0.25, 0.3) is 11.1 Å². The van der Waals surface area contributed by atoms with Gasteiger partial charge in [0.2, 0.25) is 5.91 Å². The van der Waals surface area contributed by atoms with Crippen molar-refractivity contribution in [2.45, 2.75) is 38.6 Å². The molecule has 1 saturated heterocycles. The van der Waals surface area contributed by atoms with Crippen LogP contribution in [0.3, 0.4) is 0 Å². The second-order valence-corrected chi connectivity index (χ2v) is 7.89. The zero-order valence-corrected chi connectivity index (χ0v) is 17.2. The van der Waals surface area contributed by atoms with Crippen LogP contribution in [-0.2, 0) is 9.59 Å². The van der Waals surface area contributed by atoms with Crippen molar-refractivity contribution >= 4 is 17.8 Å². The second kappa shape index (κ2) is 8.37. The normalized spacial score (nSPS) is 18.9. The molecule has 7 heteroatoms. The number of imide groups is 1. The van der Waals surface area contributed by atoms with Gasteiger partial charge in [0.25, 0.3) is 5.91 Å². The molecule has 1 heterocycles. The highest BCUT2D eigenvalue weighted by atomic mass is 16.2. The topological polar surface area (TPSA) is 111 Å². The van der Waals surface area contributed by atoms with Crippen LogP contribution in [0.5, 0.6) is 0 Å². The van der Waals surface area contributed by atoms with Gasteiger partial charge in [-0.2, -0.15) is 5.26 Å². The Morgan fingerprint density at radius 2 is 1.83 bits per heavy atom. The highest BCUT2D eigenvalue weighted by molar-refractivity contribution is 6.08. The Hall–Kier alpha value is -3.66. The summed E-state index contributed by atoms with van der Waals surface area (Å²) >= 11 is 0. The molecular weight excluding hydrogens is 380 g/mol. The van der Waals surface area contributed by atoms with Crippen molar-refractivity contribution in [1.82, 2.24) is 16.0 Å². The Bertz CT molecular complexity index is 1040. The number of hydrogen-bond donors (Lipinski definition) is 3. The first-order chi connectivity index (χ1) is 14.2. The van der Waals surface area contributed by atoms with E-state index in [0.29, 0.717) is 12.1 Å². The van der Waals surface area contributed by atoms with Gasteiger partial charge in [0.1, 0.15) is 5.54 Å². The summed E-state index contributed by atoms with van der Waals surface area (Å²) in [5, 5.41) is 16.5. The Morgan fingerprint density at radius 1 is 1.17 bits per heavy atom. The fourth-order valence-corrected chi connectivity index (χ4v) is 3.45. The van der Waals surface area contributed by atoms with Crippen LogP contribution in [-0.4, -0.2) is 29.9 Å². The van der Waals surface area contributed by atoms with Crippen LogP contribution in [0, 0.1) is 18.3 Å². The molecule has 2 atom stereocenters. The van der Waals surface area contributed by atoms with Crippen LogP contribution in [0.4, 0.5) is 4.79 Å². The van der Waals surface area contributed by atoms with Gasteiger partial charge >= 0.3 is 6.03 Å². The van der Waals surface area contributed by atoms with E-state index >= 15 is 0 Å². The van der Waals surface area contributed by atoms with Gasteiger partial charge in [0, 0.05) is 6.54 Å². The van der Waals surface area contributed by atoms with Crippen molar-refractivity contribution in [2.24, 2.45) is 0 Å². The molecule has 1 aliphatic rings.